The lowest BCUT2D eigenvalue weighted by molar-refractivity contribution is 0.254. The molecule has 0 aliphatic heterocycles. The largest absolute Gasteiger partial charge is 0.475 e. The molecular weight excluding hydrogens is 290 g/mol. The van der Waals surface area contributed by atoms with E-state index in [-0.39, 0.29) is 11.1 Å². The van der Waals surface area contributed by atoms with Gasteiger partial charge in [-0.3, -0.25) is 0 Å². The van der Waals surface area contributed by atoms with Crippen LogP contribution in [0.4, 0.5) is 0 Å². The first-order valence-corrected chi connectivity index (χ1v) is 9.03. The first kappa shape index (κ1) is 15.5. The molecule has 1 unspecified atom stereocenters. The number of fused-ring (bicyclic) bond motifs is 1. The van der Waals surface area contributed by atoms with Crippen LogP contribution in [-0.2, 0) is 4.43 Å². The summed E-state index contributed by atoms with van der Waals surface area (Å²) in [4.78, 5) is 8.32. The first-order chi connectivity index (χ1) is 9.30. The highest BCUT2D eigenvalue weighted by molar-refractivity contribution is 6.53. The molecule has 0 bridgehead atoms. The highest BCUT2D eigenvalue weighted by atomic mass is 35.5. The molecule has 0 aliphatic rings. The first-order valence-electron chi connectivity index (χ1n) is 6.74. The molecule has 0 saturated carbocycles. The molecule has 0 radical (unpaired) electrons. The molecule has 0 aliphatic carbocycles. The summed E-state index contributed by atoms with van der Waals surface area (Å²) in [6.45, 7) is 11.7. The van der Waals surface area contributed by atoms with Gasteiger partial charge in [-0.1, -0.05) is 11.6 Å². The van der Waals surface area contributed by atoms with E-state index in [2.05, 4.69) is 48.8 Å². The van der Waals surface area contributed by atoms with Gasteiger partial charge in [0.05, 0.1) is 18.0 Å². The lowest BCUT2D eigenvalue weighted by Crippen LogP contribution is -2.28. The van der Waals surface area contributed by atoms with Gasteiger partial charge in [0, 0.05) is 6.20 Å². The fourth-order valence-electron chi connectivity index (χ4n) is 1.84. The van der Waals surface area contributed by atoms with E-state index >= 15 is 0 Å². The van der Waals surface area contributed by atoms with E-state index in [9.17, 15) is 0 Å². The van der Waals surface area contributed by atoms with Gasteiger partial charge in [0.2, 0.25) is 0 Å². The monoisotopic (exact) mass is 310 g/mol. The SMILES string of the molecule is CC(CO[Si+](C)C(C)(C)C)n1ccc2c(Cl)ncnc21. The highest BCUT2D eigenvalue weighted by Gasteiger charge is 2.39. The maximum Gasteiger partial charge on any atom is 0.475 e. The lowest BCUT2D eigenvalue weighted by Gasteiger charge is -2.16. The fraction of sp³-hybridized carbons (Fsp3) is 0.571. The Kier molecular flexibility index (Phi) is 4.51. The summed E-state index contributed by atoms with van der Waals surface area (Å²) in [6, 6.07) is 2.18. The Bertz CT molecular complexity index is 594. The van der Waals surface area contributed by atoms with Crippen LogP contribution in [0.1, 0.15) is 33.7 Å². The average Bonchev–Trinajstić information content (AvgIpc) is 2.79. The summed E-state index contributed by atoms with van der Waals surface area (Å²) in [7, 11) is -0.823. The van der Waals surface area contributed by atoms with Gasteiger partial charge in [-0.05, 0) is 33.8 Å². The summed E-state index contributed by atoms with van der Waals surface area (Å²) in [5, 5.41) is 1.63. The van der Waals surface area contributed by atoms with Gasteiger partial charge in [-0.2, -0.15) is 0 Å². The second-order valence-electron chi connectivity index (χ2n) is 6.09. The van der Waals surface area contributed by atoms with Crippen LogP contribution in [0.3, 0.4) is 0 Å². The Labute approximate surface area is 126 Å². The van der Waals surface area contributed by atoms with Crippen LogP contribution in [0.2, 0.25) is 16.7 Å². The maximum atomic E-state index is 6.08. The standard InChI is InChI=1S/C14H21ClN3OSi/c1-10(8-19-20(5)14(2,3)4)18-7-6-11-12(15)16-9-17-13(11)18/h6-7,9-10H,8H2,1-5H3/q+1. The number of rotatable bonds is 4. The van der Waals surface area contributed by atoms with Crippen LogP contribution in [0.15, 0.2) is 18.6 Å². The van der Waals surface area contributed by atoms with Crippen molar-refractivity contribution in [2.45, 2.75) is 45.3 Å². The van der Waals surface area contributed by atoms with Crippen LogP contribution in [0.5, 0.6) is 0 Å². The van der Waals surface area contributed by atoms with Crippen LogP contribution >= 0.6 is 11.6 Å². The smallest absolute Gasteiger partial charge is 0.327 e. The zero-order valence-corrected chi connectivity index (χ0v) is 14.4. The molecule has 0 spiro atoms. The highest BCUT2D eigenvalue weighted by Crippen LogP contribution is 2.28. The topological polar surface area (TPSA) is 39.9 Å². The number of halogens is 1. The number of nitrogens with zero attached hydrogens (tertiary/aromatic N) is 3. The maximum absolute atomic E-state index is 6.08. The molecule has 6 heteroatoms. The molecule has 0 N–H and O–H groups in total. The van der Waals surface area contributed by atoms with Gasteiger partial charge in [-0.15, -0.1) is 0 Å². The van der Waals surface area contributed by atoms with E-state index in [1.807, 2.05) is 12.3 Å². The number of hydrogen-bond donors (Lipinski definition) is 0. The molecule has 108 valence electrons. The van der Waals surface area contributed by atoms with Gasteiger partial charge in [-0.25, -0.2) is 14.4 Å². The normalized spacial score (nSPS) is 13.7. The van der Waals surface area contributed by atoms with Crippen molar-refractivity contribution in [2.75, 3.05) is 6.61 Å². The minimum atomic E-state index is -0.823. The van der Waals surface area contributed by atoms with Gasteiger partial charge in [0.15, 0.2) is 0 Å². The molecule has 0 aromatic carbocycles. The number of hydrogen-bond acceptors (Lipinski definition) is 3. The van der Waals surface area contributed by atoms with Crippen molar-refractivity contribution >= 4 is 31.7 Å². The summed E-state index contributed by atoms with van der Waals surface area (Å²) in [5.41, 5.74) is 0.863. The Morgan fingerprint density at radius 3 is 2.75 bits per heavy atom. The van der Waals surface area contributed by atoms with Gasteiger partial charge in [0.25, 0.3) is 0 Å². The van der Waals surface area contributed by atoms with Crippen molar-refractivity contribution in [3.63, 3.8) is 0 Å². The molecule has 2 rings (SSSR count). The Balaban J connectivity index is 2.12. The third-order valence-electron chi connectivity index (χ3n) is 3.53. The molecule has 0 fully saturated rings. The van der Waals surface area contributed by atoms with Crippen LogP contribution in [0.25, 0.3) is 11.0 Å². The molecule has 2 aromatic rings. The molecule has 0 amide bonds. The molecule has 0 saturated heterocycles. The van der Waals surface area contributed by atoms with E-state index in [0.717, 1.165) is 11.0 Å². The van der Waals surface area contributed by atoms with Crippen LogP contribution in [0, 0.1) is 0 Å². The zero-order chi connectivity index (χ0) is 14.9. The van der Waals surface area contributed by atoms with Gasteiger partial charge < -0.3 is 4.57 Å². The van der Waals surface area contributed by atoms with Gasteiger partial charge >= 0.3 is 9.04 Å². The van der Waals surface area contributed by atoms with E-state index in [1.54, 1.807) is 0 Å². The predicted octanol–water partition coefficient (Wildman–Crippen LogP) is 4.08. The number of aromatic nitrogens is 3. The Morgan fingerprint density at radius 1 is 1.40 bits per heavy atom. The zero-order valence-electron chi connectivity index (χ0n) is 12.6. The van der Waals surface area contributed by atoms with E-state index < -0.39 is 9.04 Å². The van der Waals surface area contributed by atoms with Crippen molar-refractivity contribution in [1.29, 1.82) is 0 Å². The Hall–Kier alpha value is -0.913. The molecule has 2 aromatic heterocycles. The second-order valence-corrected chi connectivity index (χ2v) is 9.35. The minimum absolute atomic E-state index is 0.223. The lowest BCUT2D eigenvalue weighted by atomic mass is 10.3. The summed E-state index contributed by atoms with van der Waals surface area (Å²) in [5.74, 6) is 0. The summed E-state index contributed by atoms with van der Waals surface area (Å²) in [6.07, 6.45) is 3.50. The second kappa shape index (κ2) is 5.83. The average molecular weight is 311 g/mol. The van der Waals surface area contributed by atoms with Crippen molar-refractivity contribution in [2.24, 2.45) is 0 Å². The molecule has 4 nitrogen and oxygen atoms in total. The van der Waals surface area contributed by atoms with E-state index in [0.29, 0.717) is 11.8 Å². The Morgan fingerprint density at radius 2 is 2.10 bits per heavy atom. The third kappa shape index (κ3) is 3.21. The van der Waals surface area contributed by atoms with Crippen molar-refractivity contribution < 1.29 is 4.43 Å². The summed E-state index contributed by atoms with van der Waals surface area (Å²) >= 11 is 6.07. The molecule has 1 atom stereocenters. The van der Waals surface area contributed by atoms with Gasteiger partial charge in [0.1, 0.15) is 28.8 Å². The fourth-order valence-corrected chi connectivity index (χ4v) is 2.95. The third-order valence-corrected chi connectivity index (χ3v) is 6.55. The van der Waals surface area contributed by atoms with E-state index in [4.69, 9.17) is 16.0 Å². The predicted molar refractivity (Wildman–Crippen MR) is 84.5 cm³/mol. The van der Waals surface area contributed by atoms with Crippen LogP contribution < -0.4 is 0 Å². The van der Waals surface area contributed by atoms with E-state index in [1.165, 1.54) is 6.33 Å². The molecule has 2 heterocycles. The van der Waals surface area contributed by atoms with Crippen molar-refractivity contribution in [3.8, 4) is 0 Å². The summed E-state index contributed by atoms with van der Waals surface area (Å²) < 4.78 is 8.17. The quantitative estimate of drug-likeness (QED) is 0.631. The van der Waals surface area contributed by atoms with Crippen LogP contribution in [-0.4, -0.2) is 30.2 Å². The molecular formula is C14H21ClN3OSi+. The minimum Gasteiger partial charge on any atom is -0.327 e. The van der Waals surface area contributed by atoms with Crippen molar-refractivity contribution in [3.05, 3.63) is 23.7 Å². The molecule has 20 heavy (non-hydrogen) atoms. The van der Waals surface area contributed by atoms with Crippen molar-refractivity contribution in [1.82, 2.24) is 14.5 Å².